The molecule has 0 aliphatic heterocycles. The van der Waals surface area contributed by atoms with Gasteiger partial charge in [0, 0.05) is 45.9 Å². The van der Waals surface area contributed by atoms with Crippen LogP contribution in [0.25, 0.3) is 0 Å². The van der Waals surface area contributed by atoms with Crippen molar-refractivity contribution in [3.05, 3.63) is 168 Å². The van der Waals surface area contributed by atoms with Crippen LogP contribution in [0.3, 0.4) is 0 Å². The van der Waals surface area contributed by atoms with Crippen molar-refractivity contribution >= 4 is 57.2 Å². The number of hydrogen-bond acceptors (Lipinski definition) is 10. The molecule has 2 atom stereocenters. The molecule has 0 spiro atoms. The Hall–Kier alpha value is -5.60. The monoisotopic (exact) mass is 798 g/mol. The summed E-state index contributed by atoms with van der Waals surface area (Å²) in [6, 6.07) is 36.7. The number of hydrogen-bond donors (Lipinski definition) is 3. The molecule has 290 valence electrons. The van der Waals surface area contributed by atoms with Crippen LogP contribution in [0, 0.1) is 0 Å². The summed E-state index contributed by atoms with van der Waals surface area (Å²) >= 11 is 0. The molecule has 0 bridgehead atoms. The van der Waals surface area contributed by atoms with Crippen molar-refractivity contribution in [2.45, 2.75) is 10.5 Å². The minimum Gasteiger partial charge on any atom is -0.870 e. The van der Waals surface area contributed by atoms with Gasteiger partial charge in [0.15, 0.2) is 0 Å². The zero-order valence-electron chi connectivity index (χ0n) is 30.3. The van der Waals surface area contributed by atoms with E-state index in [0.717, 1.165) is 40.5 Å². The number of benzene rings is 4. The van der Waals surface area contributed by atoms with E-state index in [1.54, 1.807) is 0 Å². The van der Waals surface area contributed by atoms with E-state index in [9.17, 15) is 37.2 Å². The van der Waals surface area contributed by atoms with E-state index >= 15 is 0 Å². The van der Waals surface area contributed by atoms with Crippen LogP contribution in [0.2, 0.25) is 0 Å². The van der Waals surface area contributed by atoms with Gasteiger partial charge in [0.1, 0.15) is 11.5 Å². The first-order valence-corrected chi connectivity index (χ1v) is 18.5. The van der Waals surface area contributed by atoms with Crippen LogP contribution < -0.4 is 29.5 Å². The van der Waals surface area contributed by atoms with Crippen LogP contribution in [0.5, 0.6) is 0 Å². The number of esters is 1. The van der Waals surface area contributed by atoms with E-state index in [2.05, 4.69) is 10.1 Å². The number of carboxylic acid groups (broad SMARTS) is 1. The summed E-state index contributed by atoms with van der Waals surface area (Å²) < 4.78 is 30.1. The van der Waals surface area contributed by atoms with Gasteiger partial charge < -0.3 is 20.8 Å². The van der Waals surface area contributed by atoms with E-state index in [-0.39, 0.29) is 41.3 Å². The summed E-state index contributed by atoms with van der Waals surface area (Å²) in [5.41, 5.74) is 3.21. The van der Waals surface area contributed by atoms with Gasteiger partial charge in [0.25, 0.3) is 11.8 Å². The Morgan fingerprint density at radius 3 is 1.12 bits per heavy atom. The summed E-state index contributed by atoms with van der Waals surface area (Å²) in [5, 5.41) is 11.5. The maximum atomic E-state index is 12.9. The Morgan fingerprint density at radius 2 is 0.857 bits per heavy atom. The van der Waals surface area contributed by atoms with E-state index < -0.39 is 67.7 Å². The van der Waals surface area contributed by atoms with Crippen molar-refractivity contribution in [3.63, 3.8) is 0 Å². The average molecular weight is 799 g/mol. The topological polar surface area (TPSA) is 252 Å². The number of nitrogens with one attached hydrogen (secondary N) is 2. The van der Waals surface area contributed by atoms with Crippen LogP contribution in [0.4, 0.5) is 0 Å². The van der Waals surface area contributed by atoms with Crippen molar-refractivity contribution in [1.82, 2.24) is 10.6 Å². The van der Waals surface area contributed by atoms with Gasteiger partial charge in [-0.15, -0.1) is 0 Å². The molecule has 0 saturated carbocycles. The van der Waals surface area contributed by atoms with Gasteiger partial charge in [0.2, 0.25) is 11.8 Å². The molecule has 0 radical (unpaired) electrons. The van der Waals surface area contributed by atoms with Crippen molar-refractivity contribution in [1.29, 1.82) is 0 Å². The second-order valence-corrected chi connectivity index (χ2v) is 13.8. The quantitative estimate of drug-likeness (QED) is 0.0849. The van der Waals surface area contributed by atoms with Crippen LogP contribution in [0.1, 0.15) is 32.8 Å². The number of rotatable bonds is 14. The summed E-state index contributed by atoms with van der Waals surface area (Å²) in [5.74, 6) is -5.83. The molecule has 0 aromatic heterocycles. The van der Waals surface area contributed by atoms with Crippen molar-refractivity contribution in [3.8, 4) is 0 Å². The van der Waals surface area contributed by atoms with Gasteiger partial charge in [0.05, 0.1) is 17.6 Å². The molecule has 14 nitrogen and oxygen atoms in total. The summed E-state index contributed by atoms with van der Waals surface area (Å²) in [6.07, 6.45) is 3.14. The first-order chi connectivity index (χ1) is 25.5. The standard InChI is InChI=1S/C20H19NO5S.C19H17NO5S.Li.2H2O/c1-26-19(24)13-12-17(22)21-18(23)14-27(25)20(15-8-4-2-5-9-15)16-10-6-3-7-11-16;21-16(11-12-18(23)24)20-17(22)13-26(25)19(14-7-3-1-4-8-14)15-9-5-2-6-10-15;;;/h2-13,20H,14H2,1H3,(H,21,22,23);1-12,19H,13H2,(H,23,24)(H,20,21,22);;2*1H2/q;;+1;;/p-1/b13-12+;12-11+;;;. The Labute approximate surface area is 340 Å². The molecule has 6 N–H and O–H groups in total. The SMILES string of the molecule is COC(=O)/C=C/C(=O)NC(=O)CS(=O)C(c1ccccc1)c1ccccc1.O.O=C(O)/C=C/C(=O)NC(=O)CS(=O)C(c1ccccc1)c1ccccc1.[Li+].[OH-]. The van der Waals surface area contributed by atoms with Crippen molar-refractivity contribution in [2.24, 2.45) is 0 Å². The number of amides is 4. The molecule has 2 unspecified atom stereocenters. The third-order valence-electron chi connectivity index (χ3n) is 6.96. The van der Waals surface area contributed by atoms with Crippen molar-refractivity contribution in [2.75, 3.05) is 18.6 Å². The first kappa shape index (κ1) is 50.4. The Bertz CT molecular complexity index is 1900. The zero-order chi connectivity index (χ0) is 38.6. The smallest absolute Gasteiger partial charge is 0.870 e. The predicted molar refractivity (Wildman–Crippen MR) is 205 cm³/mol. The van der Waals surface area contributed by atoms with Gasteiger partial charge in [-0.1, -0.05) is 121 Å². The number of carbonyl (C=O) groups is 6. The number of carboxylic acids is 1. The van der Waals surface area contributed by atoms with Crippen LogP contribution >= 0.6 is 0 Å². The zero-order valence-corrected chi connectivity index (χ0v) is 31.9. The molecule has 17 heteroatoms. The second-order valence-electron chi connectivity index (χ2n) is 10.8. The molecular formula is C39H39LiN2O12S2. The fourth-order valence-electron chi connectivity index (χ4n) is 4.72. The van der Waals surface area contributed by atoms with E-state index in [4.69, 9.17) is 5.11 Å². The van der Waals surface area contributed by atoms with Gasteiger partial charge in [-0.3, -0.25) is 38.2 Å². The van der Waals surface area contributed by atoms with E-state index in [1.165, 1.54) is 7.11 Å². The normalized spacial score (nSPS) is 11.3. The number of ether oxygens (including phenoxy) is 1. The maximum Gasteiger partial charge on any atom is 1.00 e. The molecule has 0 fully saturated rings. The Balaban J connectivity index is 0.00000103. The molecule has 0 heterocycles. The summed E-state index contributed by atoms with van der Waals surface area (Å²) in [4.78, 5) is 68.5. The number of carbonyl (C=O) groups excluding carboxylic acids is 5. The summed E-state index contributed by atoms with van der Waals surface area (Å²) in [6.45, 7) is 0. The third kappa shape index (κ3) is 17.7. The largest absolute Gasteiger partial charge is 1.00 e. The fourth-order valence-corrected chi connectivity index (χ4v) is 7.55. The average Bonchev–Trinajstić information content (AvgIpc) is 3.15. The van der Waals surface area contributed by atoms with Crippen molar-refractivity contribution < 1.29 is 76.8 Å². The number of imide groups is 2. The fraction of sp³-hybridized carbons (Fsp3) is 0.128. The molecule has 4 rings (SSSR count). The second kappa shape index (κ2) is 27.1. The van der Waals surface area contributed by atoms with Gasteiger partial charge in [-0.2, -0.15) is 0 Å². The molecule has 4 aromatic rings. The van der Waals surface area contributed by atoms with Gasteiger partial charge in [-0.05, 0) is 22.3 Å². The molecule has 0 aliphatic carbocycles. The molecular weight excluding hydrogens is 760 g/mol. The first-order valence-electron chi connectivity index (χ1n) is 15.8. The van der Waals surface area contributed by atoms with E-state index in [1.807, 2.05) is 127 Å². The van der Waals surface area contributed by atoms with Gasteiger partial charge >= 0.3 is 30.8 Å². The molecule has 4 amide bonds. The Kier molecular flexibility index (Phi) is 24.3. The number of methoxy groups -OCH3 is 1. The third-order valence-corrected chi connectivity index (χ3v) is 10.2. The van der Waals surface area contributed by atoms with Crippen LogP contribution in [-0.4, -0.2) is 78.7 Å². The van der Waals surface area contributed by atoms with Gasteiger partial charge in [-0.25, -0.2) is 9.59 Å². The molecule has 0 saturated heterocycles. The summed E-state index contributed by atoms with van der Waals surface area (Å²) in [7, 11) is -2.05. The van der Waals surface area contributed by atoms with E-state index in [0.29, 0.717) is 6.08 Å². The molecule has 56 heavy (non-hydrogen) atoms. The van der Waals surface area contributed by atoms with Crippen LogP contribution in [0.15, 0.2) is 146 Å². The molecule has 4 aromatic carbocycles. The Morgan fingerprint density at radius 1 is 0.571 bits per heavy atom. The minimum atomic E-state index is -1.62. The number of aliphatic carboxylic acids is 1. The maximum absolute atomic E-state index is 12.9. The molecule has 0 aliphatic rings. The minimum absolute atomic E-state index is 0. The van der Waals surface area contributed by atoms with Crippen LogP contribution in [-0.2, 0) is 55.1 Å². The predicted octanol–water partition coefficient (Wildman–Crippen LogP) is -0.292.